The molecule has 0 amide bonds. The Morgan fingerprint density at radius 2 is 2.24 bits per heavy atom. The number of halogens is 1. The van der Waals surface area contributed by atoms with Gasteiger partial charge in [0.25, 0.3) is 0 Å². The normalized spacial score (nSPS) is 10.6. The molecule has 0 bridgehead atoms. The molecule has 21 heavy (non-hydrogen) atoms. The Morgan fingerprint density at radius 1 is 1.52 bits per heavy atom. The number of nitrogens with zero attached hydrogens (tertiary/aromatic N) is 1. The zero-order valence-electron chi connectivity index (χ0n) is 11.5. The van der Waals surface area contributed by atoms with E-state index in [1.54, 1.807) is 10.6 Å². The number of hydrogen-bond donors (Lipinski definition) is 2. The van der Waals surface area contributed by atoms with Crippen molar-refractivity contribution >= 4 is 22.6 Å². The summed E-state index contributed by atoms with van der Waals surface area (Å²) >= 11 is 0. The molecule has 0 saturated carbocycles. The molecule has 110 valence electrons. The maximum atomic E-state index is 14.0. The van der Waals surface area contributed by atoms with Crippen molar-refractivity contribution in [1.29, 1.82) is 0 Å². The maximum Gasteiger partial charge on any atom is 0.341 e. The Kier molecular flexibility index (Phi) is 4.07. The quantitative estimate of drug-likeness (QED) is 0.830. The SMILES string of the molecule is C=CCNc1cc2c(cc1F)c(=O)c(C(=O)O)cn2CC. The van der Waals surface area contributed by atoms with Crippen LogP contribution in [0.15, 0.2) is 35.8 Å². The number of hydrogen-bond acceptors (Lipinski definition) is 3. The fraction of sp³-hybridized carbons (Fsp3) is 0.200. The van der Waals surface area contributed by atoms with Gasteiger partial charge in [0.15, 0.2) is 0 Å². The average Bonchev–Trinajstić information content (AvgIpc) is 2.46. The van der Waals surface area contributed by atoms with Crippen molar-refractivity contribution in [3.05, 3.63) is 52.6 Å². The molecule has 1 heterocycles. The summed E-state index contributed by atoms with van der Waals surface area (Å²) in [6.45, 7) is 6.20. The van der Waals surface area contributed by atoms with Crippen LogP contribution in [0.5, 0.6) is 0 Å². The second kappa shape index (κ2) is 5.78. The largest absolute Gasteiger partial charge is 0.477 e. The van der Waals surface area contributed by atoms with E-state index in [-0.39, 0.29) is 16.6 Å². The Balaban J connectivity index is 2.78. The minimum absolute atomic E-state index is 0.0541. The van der Waals surface area contributed by atoms with Crippen molar-refractivity contribution < 1.29 is 14.3 Å². The molecule has 0 saturated heterocycles. The molecule has 0 unspecified atom stereocenters. The molecule has 0 aliphatic rings. The highest BCUT2D eigenvalue weighted by atomic mass is 19.1. The summed E-state index contributed by atoms with van der Waals surface area (Å²) in [5.41, 5.74) is -0.320. The number of carbonyl (C=O) groups is 1. The average molecular weight is 290 g/mol. The highest BCUT2D eigenvalue weighted by Crippen LogP contribution is 2.22. The fourth-order valence-electron chi connectivity index (χ4n) is 2.14. The lowest BCUT2D eigenvalue weighted by molar-refractivity contribution is 0.0695. The van der Waals surface area contributed by atoms with E-state index in [4.69, 9.17) is 5.11 Å². The number of benzene rings is 1. The number of rotatable bonds is 5. The van der Waals surface area contributed by atoms with E-state index < -0.39 is 17.2 Å². The van der Waals surface area contributed by atoms with E-state index >= 15 is 0 Å². The van der Waals surface area contributed by atoms with Gasteiger partial charge in [-0.15, -0.1) is 6.58 Å². The first-order valence-corrected chi connectivity index (χ1v) is 6.44. The Labute approximate surface area is 120 Å². The maximum absolute atomic E-state index is 14.0. The topological polar surface area (TPSA) is 71.3 Å². The molecule has 0 aliphatic carbocycles. The molecule has 2 N–H and O–H groups in total. The van der Waals surface area contributed by atoms with Crippen molar-refractivity contribution in [2.45, 2.75) is 13.5 Å². The summed E-state index contributed by atoms with van der Waals surface area (Å²) in [4.78, 5) is 23.2. The van der Waals surface area contributed by atoms with Gasteiger partial charge in [-0.3, -0.25) is 4.79 Å². The first-order chi connectivity index (χ1) is 9.99. The molecule has 2 aromatic rings. The second-order valence-corrected chi connectivity index (χ2v) is 4.48. The van der Waals surface area contributed by atoms with Gasteiger partial charge in [-0.2, -0.15) is 0 Å². The van der Waals surface area contributed by atoms with E-state index in [1.165, 1.54) is 12.3 Å². The van der Waals surface area contributed by atoms with E-state index in [9.17, 15) is 14.0 Å². The minimum Gasteiger partial charge on any atom is -0.477 e. The molecule has 2 rings (SSSR count). The summed E-state index contributed by atoms with van der Waals surface area (Å²) in [5.74, 6) is -1.93. The summed E-state index contributed by atoms with van der Waals surface area (Å²) in [5, 5.41) is 11.9. The number of carboxylic acids is 1. The van der Waals surface area contributed by atoms with Gasteiger partial charge in [0.1, 0.15) is 11.4 Å². The molecule has 0 spiro atoms. The molecule has 1 aromatic carbocycles. The van der Waals surface area contributed by atoms with Crippen LogP contribution in [0.2, 0.25) is 0 Å². The van der Waals surface area contributed by atoms with Crippen molar-refractivity contribution in [2.75, 3.05) is 11.9 Å². The summed E-state index contributed by atoms with van der Waals surface area (Å²) < 4.78 is 15.6. The van der Waals surface area contributed by atoms with Crippen LogP contribution in [-0.2, 0) is 6.54 Å². The molecule has 0 atom stereocenters. The lowest BCUT2D eigenvalue weighted by Crippen LogP contribution is -2.19. The van der Waals surface area contributed by atoms with Gasteiger partial charge in [-0.1, -0.05) is 6.08 Å². The van der Waals surface area contributed by atoms with Crippen molar-refractivity contribution in [1.82, 2.24) is 4.57 Å². The molecule has 6 heteroatoms. The van der Waals surface area contributed by atoms with Gasteiger partial charge in [0.05, 0.1) is 11.2 Å². The molecule has 0 aliphatic heterocycles. The summed E-state index contributed by atoms with van der Waals surface area (Å²) in [6, 6.07) is 2.58. The van der Waals surface area contributed by atoms with Crippen LogP contribution in [0.4, 0.5) is 10.1 Å². The Hall–Kier alpha value is -2.63. The Bertz CT molecular complexity index is 781. The zero-order chi connectivity index (χ0) is 15.6. The number of nitrogens with one attached hydrogen (secondary N) is 1. The molecule has 0 radical (unpaired) electrons. The first kappa shape index (κ1) is 14.8. The van der Waals surface area contributed by atoms with E-state index in [1.807, 2.05) is 6.92 Å². The summed E-state index contributed by atoms with van der Waals surface area (Å²) in [6.07, 6.45) is 2.87. The third kappa shape index (κ3) is 2.65. The third-order valence-electron chi connectivity index (χ3n) is 3.18. The summed E-state index contributed by atoms with van der Waals surface area (Å²) in [7, 11) is 0. The van der Waals surface area contributed by atoms with Gasteiger partial charge in [-0.05, 0) is 19.1 Å². The van der Waals surface area contributed by atoms with Crippen LogP contribution in [0.25, 0.3) is 10.9 Å². The molecule has 1 aromatic heterocycles. The van der Waals surface area contributed by atoms with E-state index in [2.05, 4.69) is 11.9 Å². The number of aromatic nitrogens is 1. The van der Waals surface area contributed by atoms with Crippen molar-refractivity contribution in [3.8, 4) is 0 Å². The van der Waals surface area contributed by atoms with Gasteiger partial charge < -0.3 is 15.0 Å². The standard InChI is InChI=1S/C15H15FN2O3/c1-3-5-17-12-7-13-9(6-11(12)16)14(19)10(15(20)21)8-18(13)4-2/h3,6-8,17H,1,4-5H2,2H3,(H,20,21). The molecular weight excluding hydrogens is 275 g/mol. The zero-order valence-corrected chi connectivity index (χ0v) is 11.5. The molecular formula is C15H15FN2O3. The highest BCUT2D eigenvalue weighted by molar-refractivity contribution is 5.93. The number of anilines is 1. The van der Waals surface area contributed by atoms with E-state index in [0.717, 1.165) is 6.07 Å². The van der Waals surface area contributed by atoms with Crippen LogP contribution in [0, 0.1) is 5.82 Å². The number of carboxylic acid groups (broad SMARTS) is 1. The third-order valence-corrected chi connectivity index (χ3v) is 3.18. The van der Waals surface area contributed by atoms with Crippen LogP contribution in [-0.4, -0.2) is 22.2 Å². The Morgan fingerprint density at radius 3 is 2.81 bits per heavy atom. The monoisotopic (exact) mass is 290 g/mol. The number of aryl methyl sites for hydroxylation is 1. The lowest BCUT2D eigenvalue weighted by Gasteiger charge is -2.13. The van der Waals surface area contributed by atoms with E-state index in [0.29, 0.717) is 18.6 Å². The van der Waals surface area contributed by atoms with Gasteiger partial charge >= 0.3 is 5.97 Å². The predicted molar refractivity (Wildman–Crippen MR) is 79.5 cm³/mol. The fourth-order valence-corrected chi connectivity index (χ4v) is 2.14. The van der Waals surface area contributed by atoms with Crippen LogP contribution >= 0.6 is 0 Å². The number of pyridine rings is 1. The highest BCUT2D eigenvalue weighted by Gasteiger charge is 2.16. The van der Waals surface area contributed by atoms with Gasteiger partial charge in [0.2, 0.25) is 5.43 Å². The van der Waals surface area contributed by atoms with Gasteiger partial charge in [0, 0.05) is 24.7 Å². The van der Waals surface area contributed by atoms with Gasteiger partial charge in [-0.25, -0.2) is 9.18 Å². The molecule has 0 fully saturated rings. The number of aromatic carboxylic acids is 1. The predicted octanol–water partition coefficient (Wildman–Crippen LogP) is 2.46. The smallest absolute Gasteiger partial charge is 0.341 e. The lowest BCUT2D eigenvalue weighted by atomic mass is 10.1. The minimum atomic E-state index is -1.32. The van der Waals surface area contributed by atoms with Crippen LogP contribution in [0.3, 0.4) is 0 Å². The second-order valence-electron chi connectivity index (χ2n) is 4.48. The van der Waals surface area contributed by atoms with Crippen molar-refractivity contribution in [3.63, 3.8) is 0 Å². The first-order valence-electron chi connectivity index (χ1n) is 6.44. The van der Waals surface area contributed by atoms with Crippen LogP contribution in [0.1, 0.15) is 17.3 Å². The van der Waals surface area contributed by atoms with Crippen LogP contribution < -0.4 is 10.7 Å². The van der Waals surface area contributed by atoms with Crippen molar-refractivity contribution in [2.24, 2.45) is 0 Å². The molecule has 5 nitrogen and oxygen atoms in total. The number of fused-ring (bicyclic) bond motifs is 1.